The number of hydrogen-bond acceptors (Lipinski definition) is 4. The van der Waals surface area contributed by atoms with Crippen LogP contribution in [0.1, 0.15) is 30.5 Å². The van der Waals surface area contributed by atoms with Crippen molar-refractivity contribution in [2.45, 2.75) is 45.8 Å². The molecule has 0 bridgehead atoms. The molecular formula is C29H33ClFN3O4S. The number of nitrogens with zero attached hydrogens (tertiary/aromatic N) is 2. The zero-order valence-electron chi connectivity index (χ0n) is 22.4. The highest BCUT2D eigenvalue weighted by Crippen LogP contribution is 2.27. The van der Waals surface area contributed by atoms with Gasteiger partial charge in [0.25, 0.3) is 0 Å². The Morgan fingerprint density at radius 2 is 1.62 bits per heavy atom. The lowest BCUT2D eigenvalue weighted by Gasteiger charge is -2.34. The van der Waals surface area contributed by atoms with E-state index >= 15 is 0 Å². The van der Waals surface area contributed by atoms with Gasteiger partial charge in [-0.25, -0.2) is 12.8 Å². The largest absolute Gasteiger partial charge is 0.352 e. The number of sulfonamides is 1. The highest BCUT2D eigenvalue weighted by molar-refractivity contribution is 7.92. The average molecular weight is 574 g/mol. The molecule has 0 saturated carbocycles. The molecule has 0 saturated heterocycles. The molecule has 10 heteroatoms. The third-order valence-electron chi connectivity index (χ3n) is 6.09. The molecule has 0 aromatic heterocycles. The quantitative estimate of drug-likeness (QED) is 0.360. The lowest BCUT2D eigenvalue weighted by Crippen LogP contribution is -2.54. The molecule has 39 heavy (non-hydrogen) atoms. The van der Waals surface area contributed by atoms with Crippen LogP contribution in [0.4, 0.5) is 10.1 Å². The Morgan fingerprint density at radius 3 is 2.21 bits per heavy atom. The van der Waals surface area contributed by atoms with E-state index in [4.69, 9.17) is 11.6 Å². The van der Waals surface area contributed by atoms with E-state index in [0.29, 0.717) is 16.1 Å². The number of benzene rings is 3. The monoisotopic (exact) mass is 573 g/mol. The van der Waals surface area contributed by atoms with Gasteiger partial charge in [0.2, 0.25) is 21.8 Å². The van der Waals surface area contributed by atoms with Crippen LogP contribution >= 0.6 is 11.6 Å². The van der Waals surface area contributed by atoms with Crippen LogP contribution in [-0.4, -0.2) is 50.0 Å². The average Bonchev–Trinajstić information content (AvgIpc) is 2.86. The van der Waals surface area contributed by atoms with Gasteiger partial charge in [-0.05, 0) is 61.7 Å². The van der Waals surface area contributed by atoms with Gasteiger partial charge in [-0.2, -0.15) is 0 Å². The van der Waals surface area contributed by atoms with Gasteiger partial charge in [0, 0.05) is 24.0 Å². The molecule has 2 amide bonds. The molecule has 1 atom stereocenters. The number of anilines is 1. The van der Waals surface area contributed by atoms with Crippen LogP contribution in [0.15, 0.2) is 72.8 Å². The number of hydrogen-bond donors (Lipinski definition) is 1. The second kappa shape index (κ2) is 13.1. The summed E-state index contributed by atoms with van der Waals surface area (Å²) in [7, 11) is -3.91. The van der Waals surface area contributed by atoms with Crippen molar-refractivity contribution in [3.05, 3.63) is 100 Å². The fourth-order valence-electron chi connectivity index (χ4n) is 4.17. The van der Waals surface area contributed by atoms with Gasteiger partial charge >= 0.3 is 0 Å². The Hall–Kier alpha value is -3.43. The Labute approximate surface area is 234 Å². The minimum atomic E-state index is -3.91. The number of amides is 2. The summed E-state index contributed by atoms with van der Waals surface area (Å²) in [4.78, 5) is 28.8. The molecule has 3 aromatic carbocycles. The molecule has 0 aliphatic heterocycles. The van der Waals surface area contributed by atoms with Crippen molar-refractivity contribution in [2.75, 3.05) is 17.1 Å². The first kappa shape index (κ1) is 30.1. The first-order chi connectivity index (χ1) is 18.3. The fraction of sp³-hybridized carbons (Fsp3) is 0.310. The molecule has 0 radical (unpaired) electrons. The van der Waals surface area contributed by atoms with Gasteiger partial charge in [-0.15, -0.1) is 0 Å². The predicted molar refractivity (Wildman–Crippen MR) is 153 cm³/mol. The number of halogens is 2. The lowest BCUT2D eigenvalue weighted by atomic mass is 10.0. The molecular weight excluding hydrogens is 541 g/mol. The number of rotatable bonds is 11. The van der Waals surface area contributed by atoms with E-state index in [9.17, 15) is 22.4 Å². The maximum absolute atomic E-state index is 14.0. The third kappa shape index (κ3) is 8.53. The molecule has 3 rings (SSSR count). The van der Waals surface area contributed by atoms with Crippen LogP contribution in [0, 0.1) is 12.7 Å². The molecule has 7 nitrogen and oxygen atoms in total. The van der Waals surface area contributed by atoms with Crippen LogP contribution in [0.2, 0.25) is 5.02 Å². The zero-order valence-corrected chi connectivity index (χ0v) is 24.0. The van der Waals surface area contributed by atoms with Crippen molar-refractivity contribution in [3.63, 3.8) is 0 Å². The van der Waals surface area contributed by atoms with E-state index in [2.05, 4.69) is 5.32 Å². The van der Waals surface area contributed by atoms with Crippen LogP contribution in [0.3, 0.4) is 0 Å². The summed E-state index contributed by atoms with van der Waals surface area (Å²) >= 11 is 6.16. The van der Waals surface area contributed by atoms with Crippen molar-refractivity contribution in [1.29, 1.82) is 0 Å². The summed E-state index contributed by atoms with van der Waals surface area (Å²) in [6, 6.07) is 18.5. The van der Waals surface area contributed by atoms with E-state index in [1.54, 1.807) is 19.1 Å². The SMILES string of the molecule is Cc1ccc(Cl)cc1N(CC(=O)N(Cc1ccc(F)cc1)[C@@H](Cc1ccccc1)C(=O)NC(C)C)S(C)(=O)=O. The number of carbonyl (C=O) groups is 2. The minimum absolute atomic E-state index is 0.0335. The van der Waals surface area contributed by atoms with Crippen LogP contribution in [0.25, 0.3) is 0 Å². The molecule has 0 heterocycles. The zero-order chi connectivity index (χ0) is 28.7. The second-order valence-electron chi connectivity index (χ2n) is 9.72. The first-order valence-electron chi connectivity index (χ1n) is 12.5. The van der Waals surface area contributed by atoms with Crippen molar-refractivity contribution in [1.82, 2.24) is 10.2 Å². The fourth-order valence-corrected chi connectivity index (χ4v) is 5.23. The van der Waals surface area contributed by atoms with Gasteiger partial charge in [0.05, 0.1) is 11.9 Å². The van der Waals surface area contributed by atoms with E-state index in [1.807, 2.05) is 44.2 Å². The number of nitrogens with one attached hydrogen (secondary N) is 1. The van der Waals surface area contributed by atoms with Crippen LogP contribution in [0.5, 0.6) is 0 Å². The summed E-state index contributed by atoms with van der Waals surface area (Å²) < 4.78 is 40.4. The summed E-state index contributed by atoms with van der Waals surface area (Å²) in [5.41, 5.74) is 2.29. The predicted octanol–water partition coefficient (Wildman–Crippen LogP) is 4.72. The van der Waals surface area contributed by atoms with Crippen molar-refractivity contribution in [2.24, 2.45) is 0 Å². The summed E-state index contributed by atoms with van der Waals surface area (Å²) in [5.74, 6) is -1.41. The number of aryl methyl sites for hydroxylation is 1. The topological polar surface area (TPSA) is 86.8 Å². The molecule has 0 unspecified atom stereocenters. The standard InChI is InChI=1S/C29H33ClFN3O4S/c1-20(2)32-29(36)27(16-22-8-6-5-7-9-22)33(18-23-11-14-25(31)15-12-23)28(35)19-34(39(4,37)38)26-17-24(30)13-10-21(26)3/h5-15,17,20,27H,16,18-19H2,1-4H3,(H,32,36)/t27-/m0/s1. The highest BCUT2D eigenvalue weighted by Gasteiger charge is 2.33. The van der Waals surface area contributed by atoms with E-state index < -0.39 is 34.3 Å². The van der Waals surface area contributed by atoms with Gasteiger partial charge in [-0.3, -0.25) is 13.9 Å². The molecule has 0 aliphatic rings. The normalized spacial score (nSPS) is 12.2. The van der Waals surface area contributed by atoms with E-state index in [1.165, 1.54) is 35.2 Å². The van der Waals surface area contributed by atoms with E-state index in [-0.39, 0.29) is 30.6 Å². The molecule has 3 aromatic rings. The molecule has 0 fully saturated rings. The highest BCUT2D eigenvalue weighted by atomic mass is 35.5. The minimum Gasteiger partial charge on any atom is -0.352 e. The molecule has 0 spiro atoms. The van der Waals surface area contributed by atoms with Gasteiger partial charge in [0.15, 0.2) is 0 Å². The number of carbonyl (C=O) groups excluding carboxylic acids is 2. The summed E-state index contributed by atoms with van der Waals surface area (Å²) in [6.07, 6.45) is 1.21. The first-order valence-corrected chi connectivity index (χ1v) is 14.7. The molecule has 1 N–H and O–H groups in total. The van der Waals surface area contributed by atoms with Gasteiger partial charge in [-0.1, -0.05) is 60.1 Å². The molecule has 0 aliphatic carbocycles. The Morgan fingerprint density at radius 1 is 0.974 bits per heavy atom. The third-order valence-corrected chi connectivity index (χ3v) is 7.45. The molecule has 208 valence electrons. The van der Waals surface area contributed by atoms with Crippen LogP contribution in [-0.2, 0) is 32.6 Å². The van der Waals surface area contributed by atoms with Gasteiger partial charge in [0.1, 0.15) is 18.4 Å². The van der Waals surface area contributed by atoms with Crippen molar-refractivity contribution >= 4 is 39.1 Å². The maximum atomic E-state index is 14.0. The second-order valence-corrected chi connectivity index (χ2v) is 12.1. The van der Waals surface area contributed by atoms with Crippen molar-refractivity contribution < 1.29 is 22.4 Å². The lowest BCUT2D eigenvalue weighted by molar-refractivity contribution is -0.140. The Kier molecular flexibility index (Phi) is 10.1. The smallest absolute Gasteiger partial charge is 0.244 e. The Balaban J connectivity index is 2.07. The van der Waals surface area contributed by atoms with Crippen LogP contribution < -0.4 is 9.62 Å². The van der Waals surface area contributed by atoms with Crippen molar-refractivity contribution in [3.8, 4) is 0 Å². The maximum Gasteiger partial charge on any atom is 0.244 e. The summed E-state index contributed by atoms with van der Waals surface area (Å²) in [5, 5.41) is 3.20. The Bertz CT molecular complexity index is 1400. The summed E-state index contributed by atoms with van der Waals surface area (Å²) in [6.45, 7) is 4.77. The van der Waals surface area contributed by atoms with Gasteiger partial charge < -0.3 is 10.2 Å². The van der Waals surface area contributed by atoms with E-state index in [0.717, 1.165) is 16.1 Å².